The third-order valence-electron chi connectivity index (χ3n) is 5.17. The molecule has 1 aliphatic rings. The fraction of sp³-hybridized carbons (Fsp3) is 0.545. The summed E-state index contributed by atoms with van der Waals surface area (Å²) in [6.45, 7) is 7.78. The van der Waals surface area contributed by atoms with Crippen molar-refractivity contribution in [3.05, 3.63) is 35.0 Å². The first-order valence-electron chi connectivity index (χ1n) is 10.1. The van der Waals surface area contributed by atoms with Crippen LogP contribution in [0.3, 0.4) is 0 Å². The van der Waals surface area contributed by atoms with Gasteiger partial charge in [0.2, 0.25) is 0 Å². The maximum Gasteiger partial charge on any atom is 0.405 e. The van der Waals surface area contributed by atoms with Crippen molar-refractivity contribution in [1.82, 2.24) is 10.3 Å². The van der Waals surface area contributed by atoms with Crippen molar-refractivity contribution in [3.63, 3.8) is 0 Å². The molecule has 1 fully saturated rings. The Bertz CT molecular complexity index is 930. The number of hydrogen-bond acceptors (Lipinski definition) is 4. The molecule has 2 heterocycles. The first-order valence-corrected chi connectivity index (χ1v) is 10.1. The second kappa shape index (κ2) is 8.41. The van der Waals surface area contributed by atoms with Crippen molar-refractivity contribution in [1.29, 1.82) is 0 Å². The molecule has 30 heavy (non-hydrogen) atoms. The number of hydrogen-bond donors (Lipinski definition) is 2. The van der Waals surface area contributed by atoms with Crippen LogP contribution in [0, 0.1) is 6.92 Å². The predicted molar refractivity (Wildman–Crippen MR) is 111 cm³/mol. The number of nitrogens with zero attached hydrogens (tertiary/aromatic N) is 1. The van der Waals surface area contributed by atoms with Gasteiger partial charge in [-0.15, -0.1) is 0 Å². The lowest BCUT2D eigenvalue weighted by Crippen LogP contribution is -2.32. The second-order valence-corrected chi connectivity index (χ2v) is 8.81. The highest BCUT2D eigenvalue weighted by atomic mass is 19.4. The Balaban J connectivity index is 1.96. The van der Waals surface area contributed by atoms with Crippen LogP contribution < -0.4 is 10.6 Å². The monoisotopic (exact) mass is 423 g/mol. The van der Waals surface area contributed by atoms with Crippen LogP contribution in [0.15, 0.2) is 18.2 Å². The number of benzene rings is 1. The Morgan fingerprint density at radius 1 is 1.23 bits per heavy atom. The number of halogens is 3. The lowest BCUT2D eigenvalue weighted by molar-refractivity contribution is -0.115. The molecule has 0 spiro atoms. The molecule has 1 saturated heterocycles. The topological polar surface area (TPSA) is 63.2 Å². The number of amides is 1. The summed E-state index contributed by atoms with van der Waals surface area (Å²) in [5, 5.41) is 6.06. The fourth-order valence-corrected chi connectivity index (χ4v) is 3.59. The van der Waals surface area contributed by atoms with E-state index in [0.717, 1.165) is 29.4 Å². The van der Waals surface area contributed by atoms with Gasteiger partial charge in [0, 0.05) is 24.2 Å². The number of rotatable bonds is 5. The van der Waals surface area contributed by atoms with E-state index < -0.39 is 12.7 Å². The van der Waals surface area contributed by atoms with Crippen LogP contribution in [-0.2, 0) is 10.2 Å². The number of anilines is 1. The van der Waals surface area contributed by atoms with E-state index >= 15 is 0 Å². The fourth-order valence-electron chi connectivity index (χ4n) is 3.59. The predicted octanol–water partition coefficient (Wildman–Crippen LogP) is 4.72. The summed E-state index contributed by atoms with van der Waals surface area (Å²) in [7, 11) is 0. The van der Waals surface area contributed by atoms with Crippen molar-refractivity contribution in [2.75, 3.05) is 25.0 Å². The first kappa shape index (κ1) is 22.3. The summed E-state index contributed by atoms with van der Waals surface area (Å²) < 4.78 is 43.5. The third kappa shape index (κ3) is 5.41. The molecule has 5 nitrogen and oxygen atoms in total. The molecule has 0 radical (unpaired) electrons. The van der Waals surface area contributed by atoms with Crippen LogP contribution in [0.4, 0.5) is 18.9 Å². The van der Waals surface area contributed by atoms with E-state index in [9.17, 15) is 18.0 Å². The van der Waals surface area contributed by atoms with E-state index in [1.165, 1.54) is 0 Å². The van der Waals surface area contributed by atoms with Crippen LogP contribution in [0.1, 0.15) is 55.2 Å². The van der Waals surface area contributed by atoms with Crippen LogP contribution >= 0.6 is 0 Å². The number of alkyl halides is 3. The summed E-state index contributed by atoms with van der Waals surface area (Å²) in [5.74, 6) is -0.283. The standard InChI is InChI=1S/C22H28F3N3O2/c1-13-8-18(20(29)26-11-15-6-5-7-30-15)28-19-16(13)9-14(27-12-22(23,24)25)10-17(19)21(2,3)4/h8-10,15,27H,5-7,11-12H2,1-4H3,(H,26,29). The summed E-state index contributed by atoms with van der Waals surface area (Å²) in [6, 6.07) is 5.02. The lowest BCUT2D eigenvalue weighted by atomic mass is 9.84. The summed E-state index contributed by atoms with van der Waals surface area (Å²) in [4.78, 5) is 17.3. The molecule has 164 valence electrons. The van der Waals surface area contributed by atoms with Gasteiger partial charge in [0.15, 0.2) is 0 Å². The minimum absolute atomic E-state index is 0.0305. The smallest absolute Gasteiger partial charge is 0.376 e. The highest BCUT2D eigenvalue weighted by Gasteiger charge is 2.28. The number of carbonyl (C=O) groups is 1. The Hall–Kier alpha value is -2.35. The minimum atomic E-state index is -4.31. The Morgan fingerprint density at radius 3 is 2.57 bits per heavy atom. The normalized spacial score (nSPS) is 17.4. The van der Waals surface area contributed by atoms with Crippen molar-refractivity contribution in [3.8, 4) is 0 Å². The zero-order chi connectivity index (χ0) is 22.1. The van der Waals surface area contributed by atoms with E-state index in [2.05, 4.69) is 15.6 Å². The average molecular weight is 423 g/mol. The third-order valence-corrected chi connectivity index (χ3v) is 5.17. The van der Waals surface area contributed by atoms with Crippen molar-refractivity contribution in [2.45, 2.75) is 58.2 Å². The van der Waals surface area contributed by atoms with Gasteiger partial charge in [-0.2, -0.15) is 13.2 Å². The molecule has 2 aromatic rings. The number of pyridine rings is 1. The molecule has 8 heteroatoms. The SMILES string of the molecule is Cc1cc(C(=O)NCC2CCCO2)nc2c(C(C)(C)C)cc(NCC(F)(F)F)cc12. The zero-order valence-electron chi connectivity index (χ0n) is 17.7. The molecular formula is C22H28F3N3O2. The number of aromatic nitrogens is 1. The molecule has 0 aliphatic carbocycles. The molecular weight excluding hydrogens is 395 g/mol. The second-order valence-electron chi connectivity index (χ2n) is 8.81. The molecule has 0 saturated carbocycles. The summed E-state index contributed by atoms with van der Waals surface area (Å²) >= 11 is 0. The molecule has 1 aliphatic heterocycles. The molecule has 3 rings (SSSR count). The lowest BCUT2D eigenvalue weighted by Gasteiger charge is -2.23. The quantitative estimate of drug-likeness (QED) is 0.730. The Labute approximate surface area is 174 Å². The van der Waals surface area contributed by atoms with Gasteiger partial charge in [0.05, 0.1) is 11.6 Å². The van der Waals surface area contributed by atoms with Crippen molar-refractivity contribution < 1.29 is 22.7 Å². The van der Waals surface area contributed by atoms with Gasteiger partial charge in [0.1, 0.15) is 12.2 Å². The molecule has 1 atom stereocenters. The van der Waals surface area contributed by atoms with Crippen LogP contribution in [0.2, 0.25) is 0 Å². The highest BCUT2D eigenvalue weighted by Crippen LogP contribution is 2.34. The molecule has 1 aromatic heterocycles. The van der Waals surface area contributed by atoms with Crippen LogP contribution in [-0.4, -0.2) is 42.9 Å². The Morgan fingerprint density at radius 2 is 1.97 bits per heavy atom. The van der Waals surface area contributed by atoms with E-state index in [4.69, 9.17) is 4.74 Å². The number of ether oxygens (including phenoxy) is 1. The average Bonchev–Trinajstić information content (AvgIpc) is 3.16. The van der Waals surface area contributed by atoms with Crippen molar-refractivity contribution in [2.24, 2.45) is 0 Å². The number of carbonyl (C=O) groups excluding carboxylic acids is 1. The maximum atomic E-state index is 12.7. The molecule has 2 N–H and O–H groups in total. The Kier molecular flexibility index (Phi) is 6.26. The molecule has 0 bridgehead atoms. The van der Waals surface area contributed by atoms with Crippen molar-refractivity contribution >= 4 is 22.5 Å². The molecule has 1 unspecified atom stereocenters. The number of aryl methyl sites for hydroxylation is 1. The molecule has 1 amide bonds. The van der Waals surface area contributed by atoms with E-state index in [1.807, 2.05) is 27.7 Å². The van der Waals surface area contributed by atoms with E-state index in [-0.39, 0.29) is 17.4 Å². The molecule has 1 aromatic carbocycles. The van der Waals surface area contributed by atoms with Gasteiger partial charge < -0.3 is 15.4 Å². The highest BCUT2D eigenvalue weighted by molar-refractivity contribution is 5.97. The van der Waals surface area contributed by atoms with Gasteiger partial charge in [0.25, 0.3) is 5.91 Å². The first-order chi connectivity index (χ1) is 13.9. The number of nitrogens with one attached hydrogen (secondary N) is 2. The summed E-state index contributed by atoms with van der Waals surface area (Å²) in [6.07, 6.45) is -2.36. The van der Waals surface area contributed by atoms with Gasteiger partial charge in [-0.05, 0) is 54.5 Å². The van der Waals surface area contributed by atoms with E-state index in [0.29, 0.717) is 30.0 Å². The maximum absolute atomic E-state index is 12.7. The van der Waals surface area contributed by atoms with E-state index in [1.54, 1.807) is 18.2 Å². The van der Waals surface area contributed by atoms with Gasteiger partial charge >= 0.3 is 6.18 Å². The minimum Gasteiger partial charge on any atom is -0.376 e. The van der Waals surface area contributed by atoms with Crippen LogP contribution in [0.5, 0.6) is 0 Å². The van der Waals surface area contributed by atoms with Gasteiger partial charge in [-0.3, -0.25) is 4.79 Å². The largest absolute Gasteiger partial charge is 0.405 e. The number of fused-ring (bicyclic) bond motifs is 1. The van der Waals surface area contributed by atoms with Crippen LogP contribution in [0.25, 0.3) is 10.9 Å². The van der Waals surface area contributed by atoms with Gasteiger partial charge in [-0.25, -0.2) is 4.98 Å². The zero-order valence-corrected chi connectivity index (χ0v) is 17.7. The summed E-state index contributed by atoms with van der Waals surface area (Å²) in [5.41, 5.74) is 2.48. The van der Waals surface area contributed by atoms with Gasteiger partial charge in [-0.1, -0.05) is 20.8 Å².